The van der Waals surface area contributed by atoms with Crippen LogP contribution < -0.4 is 0 Å². The van der Waals surface area contributed by atoms with Gasteiger partial charge < -0.3 is 4.42 Å². The molecule has 0 radical (unpaired) electrons. The van der Waals surface area contributed by atoms with Crippen molar-refractivity contribution >= 4 is 97.3 Å². The summed E-state index contributed by atoms with van der Waals surface area (Å²) in [5.74, 6) is 0. The molecule has 77 heavy (non-hydrogen) atoms. The molecule has 0 amide bonds. The van der Waals surface area contributed by atoms with Gasteiger partial charge in [0.2, 0.25) is 0 Å². The van der Waals surface area contributed by atoms with Crippen LogP contribution in [0.2, 0.25) is 0 Å². The van der Waals surface area contributed by atoms with Crippen molar-refractivity contribution in [1.82, 2.24) is 0 Å². The molecule has 1 nitrogen and oxygen atoms in total. The Labute approximate surface area is 445 Å². The van der Waals surface area contributed by atoms with E-state index in [9.17, 15) is 0 Å². The molecule has 0 unspecified atom stereocenters. The third-order valence-corrected chi connectivity index (χ3v) is 16.4. The molecule has 0 aliphatic heterocycles. The van der Waals surface area contributed by atoms with Crippen molar-refractivity contribution in [2.75, 3.05) is 0 Å². The van der Waals surface area contributed by atoms with Crippen LogP contribution in [0.3, 0.4) is 0 Å². The second kappa shape index (κ2) is 17.2. The van der Waals surface area contributed by atoms with Crippen molar-refractivity contribution in [3.8, 4) is 66.8 Å². The van der Waals surface area contributed by atoms with Gasteiger partial charge in [0.1, 0.15) is 11.2 Å². The van der Waals surface area contributed by atoms with Gasteiger partial charge in [0.25, 0.3) is 0 Å². The van der Waals surface area contributed by atoms with Crippen LogP contribution in [0.15, 0.2) is 283 Å². The third-order valence-electron chi connectivity index (χ3n) is 16.4. The van der Waals surface area contributed by atoms with E-state index in [4.69, 9.17) is 4.42 Å². The van der Waals surface area contributed by atoms with E-state index in [-0.39, 0.29) is 0 Å². The van der Waals surface area contributed by atoms with Gasteiger partial charge in [-0.1, -0.05) is 249 Å². The maximum absolute atomic E-state index is 6.27. The monoisotopic (exact) mass is 974 g/mol. The Morgan fingerprint density at radius 1 is 0.169 bits per heavy atom. The summed E-state index contributed by atoms with van der Waals surface area (Å²) in [5.41, 5.74) is 16.6. The van der Waals surface area contributed by atoms with Crippen LogP contribution in [0, 0.1) is 0 Å². The zero-order chi connectivity index (χ0) is 50.6. The van der Waals surface area contributed by atoms with Crippen LogP contribution in [0.1, 0.15) is 0 Å². The van der Waals surface area contributed by atoms with E-state index in [1.54, 1.807) is 0 Å². The van der Waals surface area contributed by atoms with E-state index in [1.807, 2.05) is 6.07 Å². The lowest BCUT2D eigenvalue weighted by Crippen LogP contribution is -1.92. The summed E-state index contributed by atoms with van der Waals surface area (Å²) >= 11 is 0. The molecule has 356 valence electrons. The molecule has 0 saturated heterocycles. The summed E-state index contributed by atoms with van der Waals surface area (Å²) in [6, 6.07) is 103. The van der Waals surface area contributed by atoms with E-state index in [0.29, 0.717) is 0 Å². The molecule has 0 bridgehead atoms. The van der Waals surface area contributed by atoms with E-state index in [2.05, 4.69) is 273 Å². The average molecular weight is 975 g/mol. The summed E-state index contributed by atoms with van der Waals surface area (Å²) in [4.78, 5) is 0. The van der Waals surface area contributed by atoms with Crippen LogP contribution in [-0.4, -0.2) is 0 Å². The predicted octanol–water partition coefficient (Wildman–Crippen LogP) is 21.7. The minimum Gasteiger partial charge on any atom is -0.456 e. The average Bonchev–Trinajstić information content (AvgIpc) is 3.93. The van der Waals surface area contributed by atoms with Gasteiger partial charge in [-0.15, -0.1) is 0 Å². The zero-order valence-corrected chi connectivity index (χ0v) is 42.0. The molecule has 0 spiro atoms. The van der Waals surface area contributed by atoms with Gasteiger partial charge in [0.05, 0.1) is 0 Å². The maximum Gasteiger partial charge on any atom is 0.135 e. The molecule has 1 aromatic heterocycles. The molecule has 0 aliphatic rings. The van der Waals surface area contributed by atoms with Gasteiger partial charge in [-0.3, -0.25) is 0 Å². The van der Waals surface area contributed by atoms with E-state index >= 15 is 0 Å². The fourth-order valence-electron chi connectivity index (χ4n) is 13.0. The van der Waals surface area contributed by atoms with Gasteiger partial charge in [0, 0.05) is 10.8 Å². The van der Waals surface area contributed by atoms with Gasteiger partial charge in [-0.05, 0) is 173 Å². The number of rotatable bonds is 6. The lowest BCUT2D eigenvalue weighted by Gasteiger charge is -2.19. The second-order valence-corrected chi connectivity index (χ2v) is 20.6. The molecule has 16 rings (SSSR count). The third kappa shape index (κ3) is 6.81. The number of hydrogen-bond donors (Lipinski definition) is 0. The van der Waals surface area contributed by atoms with Crippen molar-refractivity contribution < 1.29 is 4.42 Å². The molecule has 15 aromatic carbocycles. The zero-order valence-electron chi connectivity index (χ0n) is 42.0. The molecule has 0 N–H and O–H groups in total. The molecular weight excluding hydrogens is 929 g/mol. The lowest BCUT2D eigenvalue weighted by atomic mass is 9.84. The Balaban J connectivity index is 0.797. The standard InChI is InChI=1S/C76H46O/c1-2-20-55-47(16-1)17-13-30-56(55)48-34-36-49(37-35-48)73-62-22-3-7-26-66(62)75(67-27-8-4-23-63(67)73)60-31-14-18-52-44-50(38-41-57(52)60)51-39-42-58-53(45-51)19-15-32-61(58)76-68-28-9-5-24-64(68)74(65-25-6-10-29-69(65)76)54-40-43-72-70(46-54)59-21-11-12-33-71(59)77-72/h1-46H. The van der Waals surface area contributed by atoms with E-state index in [1.165, 1.54) is 142 Å². The first kappa shape index (κ1) is 43.3. The number of furan rings is 1. The highest BCUT2D eigenvalue weighted by molar-refractivity contribution is 6.26. The normalized spacial score (nSPS) is 11.9. The Kier molecular flexibility index (Phi) is 9.71. The highest BCUT2D eigenvalue weighted by Gasteiger charge is 2.21. The van der Waals surface area contributed by atoms with Gasteiger partial charge >= 0.3 is 0 Å². The molecule has 16 aromatic rings. The van der Waals surface area contributed by atoms with Gasteiger partial charge in [0.15, 0.2) is 0 Å². The predicted molar refractivity (Wildman–Crippen MR) is 329 cm³/mol. The Bertz CT molecular complexity index is 4970. The molecule has 1 heterocycles. The number of hydrogen-bond acceptors (Lipinski definition) is 1. The summed E-state index contributed by atoms with van der Waals surface area (Å²) < 4.78 is 6.27. The smallest absolute Gasteiger partial charge is 0.135 e. The van der Waals surface area contributed by atoms with Crippen molar-refractivity contribution in [2.24, 2.45) is 0 Å². The molecule has 0 atom stereocenters. The van der Waals surface area contributed by atoms with Crippen LogP contribution in [0.25, 0.3) is 164 Å². The Hall–Kier alpha value is -10.1. The summed E-state index contributed by atoms with van der Waals surface area (Å²) in [5, 5.41) is 19.6. The van der Waals surface area contributed by atoms with Crippen LogP contribution in [0.5, 0.6) is 0 Å². The SMILES string of the molecule is c1ccc2c(-c3ccc(-c4c5ccccc5c(-c5cccc6cc(-c7ccc8c(-c9c%10ccccc%10c(-c%10ccc%11oc%12ccccc%12c%11c%10)c%10ccccc9%10)cccc8c7)ccc56)c5ccccc45)cc3)cccc2c1. The molecule has 1 heteroatoms. The fraction of sp³-hybridized carbons (Fsp3) is 0. The van der Waals surface area contributed by atoms with Crippen molar-refractivity contribution in [1.29, 1.82) is 0 Å². The van der Waals surface area contributed by atoms with E-state index < -0.39 is 0 Å². The summed E-state index contributed by atoms with van der Waals surface area (Å²) in [6.45, 7) is 0. The largest absolute Gasteiger partial charge is 0.456 e. The Morgan fingerprint density at radius 3 is 1.05 bits per heavy atom. The minimum atomic E-state index is 0.906. The van der Waals surface area contributed by atoms with Crippen molar-refractivity contribution in [3.05, 3.63) is 279 Å². The van der Waals surface area contributed by atoms with Gasteiger partial charge in [-0.2, -0.15) is 0 Å². The van der Waals surface area contributed by atoms with Gasteiger partial charge in [-0.25, -0.2) is 0 Å². The minimum absolute atomic E-state index is 0.906. The van der Waals surface area contributed by atoms with Crippen molar-refractivity contribution in [2.45, 2.75) is 0 Å². The van der Waals surface area contributed by atoms with Crippen LogP contribution >= 0.6 is 0 Å². The first-order valence-corrected chi connectivity index (χ1v) is 26.6. The summed E-state index contributed by atoms with van der Waals surface area (Å²) in [6.07, 6.45) is 0. The number of fused-ring (bicyclic) bond motifs is 10. The van der Waals surface area contributed by atoms with Crippen molar-refractivity contribution in [3.63, 3.8) is 0 Å². The quantitative estimate of drug-likeness (QED) is 0.151. The first-order valence-electron chi connectivity index (χ1n) is 26.6. The molecule has 0 aliphatic carbocycles. The number of para-hydroxylation sites is 1. The topological polar surface area (TPSA) is 13.1 Å². The van der Waals surface area contributed by atoms with Crippen LogP contribution in [0.4, 0.5) is 0 Å². The molecule has 0 fully saturated rings. The fourth-order valence-corrected chi connectivity index (χ4v) is 13.0. The Morgan fingerprint density at radius 2 is 0.519 bits per heavy atom. The second-order valence-electron chi connectivity index (χ2n) is 20.6. The first-order chi connectivity index (χ1) is 38.2. The van der Waals surface area contributed by atoms with Crippen LogP contribution in [-0.2, 0) is 0 Å². The number of benzene rings is 15. The maximum atomic E-state index is 6.27. The van der Waals surface area contributed by atoms with E-state index in [0.717, 1.165) is 21.9 Å². The molecule has 0 saturated carbocycles. The molecular formula is C76H46O. The highest BCUT2D eigenvalue weighted by atomic mass is 16.3. The lowest BCUT2D eigenvalue weighted by molar-refractivity contribution is 0.669. The summed E-state index contributed by atoms with van der Waals surface area (Å²) in [7, 11) is 0. The highest BCUT2D eigenvalue weighted by Crippen LogP contribution is 2.49.